The Morgan fingerprint density at radius 3 is 2.32 bits per heavy atom. The molecule has 31 heavy (non-hydrogen) atoms. The summed E-state index contributed by atoms with van der Waals surface area (Å²) in [5.74, 6) is 0.608. The summed E-state index contributed by atoms with van der Waals surface area (Å²) in [4.78, 5) is 28.8. The zero-order valence-corrected chi connectivity index (χ0v) is 17.0. The third kappa shape index (κ3) is 5.08. The van der Waals surface area contributed by atoms with Crippen LogP contribution in [0.25, 0.3) is 5.65 Å². The van der Waals surface area contributed by atoms with E-state index in [9.17, 15) is 9.59 Å². The van der Waals surface area contributed by atoms with Gasteiger partial charge in [-0.2, -0.15) is 0 Å². The number of hydrogen-bond donors (Lipinski definition) is 2. The van der Waals surface area contributed by atoms with E-state index in [0.717, 1.165) is 12.1 Å². The molecule has 2 aromatic carbocycles. The van der Waals surface area contributed by atoms with Crippen molar-refractivity contribution in [2.45, 2.75) is 20.0 Å². The normalized spacial score (nSPS) is 10.6. The first-order chi connectivity index (χ1) is 15.1. The van der Waals surface area contributed by atoms with E-state index in [0.29, 0.717) is 22.8 Å². The molecule has 0 spiro atoms. The standard InChI is InChI=1S/C24H22N4O3/c1-2-17-6-8-18(9-7-17)26-24(30)27-19-10-12-21(13-11-19)31-16-20-15-23(29)28-14-4-3-5-22(28)25-20/h3-15H,2,16H2,1H3,(H2,26,27,30). The molecule has 4 rings (SSSR count). The maximum absolute atomic E-state index is 12.2. The Hall–Kier alpha value is -4.13. The molecule has 0 atom stereocenters. The third-order valence-corrected chi connectivity index (χ3v) is 4.74. The number of ether oxygens (including phenoxy) is 1. The van der Waals surface area contributed by atoms with Gasteiger partial charge in [0.1, 0.15) is 18.0 Å². The lowest BCUT2D eigenvalue weighted by molar-refractivity contribution is 0.262. The molecule has 0 radical (unpaired) electrons. The van der Waals surface area contributed by atoms with Gasteiger partial charge in [0.2, 0.25) is 0 Å². The van der Waals surface area contributed by atoms with Crippen LogP contribution in [0.1, 0.15) is 18.2 Å². The highest BCUT2D eigenvalue weighted by molar-refractivity contribution is 5.99. The predicted molar refractivity (Wildman–Crippen MR) is 121 cm³/mol. The van der Waals surface area contributed by atoms with Crippen molar-refractivity contribution in [2.75, 3.05) is 10.6 Å². The van der Waals surface area contributed by atoms with Crippen LogP contribution in [0, 0.1) is 0 Å². The van der Waals surface area contributed by atoms with Gasteiger partial charge < -0.3 is 15.4 Å². The number of amides is 2. The molecule has 4 aromatic rings. The van der Waals surface area contributed by atoms with E-state index >= 15 is 0 Å². The van der Waals surface area contributed by atoms with Gasteiger partial charge in [-0.25, -0.2) is 9.78 Å². The zero-order valence-electron chi connectivity index (χ0n) is 17.0. The van der Waals surface area contributed by atoms with Crippen molar-refractivity contribution in [3.05, 3.63) is 101 Å². The summed E-state index contributed by atoms with van der Waals surface area (Å²) in [6, 6.07) is 21.2. The quantitative estimate of drug-likeness (QED) is 0.487. The molecule has 0 aliphatic carbocycles. The van der Waals surface area contributed by atoms with Gasteiger partial charge in [-0.3, -0.25) is 9.20 Å². The minimum Gasteiger partial charge on any atom is -0.487 e. The maximum atomic E-state index is 12.2. The maximum Gasteiger partial charge on any atom is 0.323 e. The highest BCUT2D eigenvalue weighted by Crippen LogP contribution is 2.17. The number of hydrogen-bond acceptors (Lipinski definition) is 4. The number of aromatic nitrogens is 2. The van der Waals surface area contributed by atoms with Gasteiger partial charge in [0.05, 0.1) is 5.69 Å². The lowest BCUT2D eigenvalue weighted by Crippen LogP contribution is -2.19. The van der Waals surface area contributed by atoms with Gasteiger partial charge >= 0.3 is 6.03 Å². The molecule has 0 fully saturated rings. The Morgan fingerprint density at radius 2 is 1.65 bits per heavy atom. The number of rotatable bonds is 6. The largest absolute Gasteiger partial charge is 0.487 e. The summed E-state index contributed by atoms with van der Waals surface area (Å²) in [6.45, 7) is 2.25. The number of aryl methyl sites for hydroxylation is 1. The molecule has 2 amide bonds. The van der Waals surface area contributed by atoms with Gasteiger partial charge in [0, 0.05) is 23.6 Å². The average molecular weight is 414 g/mol. The van der Waals surface area contributed by atoms with E-state index in [1.807, 2.05) is 30.3 Å². The van der Waals surface area contributed by atoms with Crippen molar-refractivity contribution in [3.8, 4) is 5.75 Å². The molecular formula is C24H22N4O3. The van der Waals surface area contributed by atoms with Gasteiger partial charge in [0.25, 0.3) is 5.56 Å². The van der Waals surface area contributed by atoms with Crippen molar-refractivity contribution < 1.29 is 9.53 Å². The zero-order chi connectivity index (χ0) is 21.6. The van der Waals surface area contributed by atoms with Gasteiger partial charge in [-0.15, -0.1) is 0 Å². The van der Waals surface area contributed by atoms with E-state index in [1.165, 1.54) is 16.0 Å². The second-order valence-electron chi connectivity index (χ2n) is 6.96. The SMILES string of the molecule is CCc1ccc(NC(=O)Nc2ccc(OCc3cc(=O)n4ccccc4n3)cc2)cc1. The summed E-state index contributed by atoms with van der Waals surface area (Å²) in [6.07, 6.45) is 2.63. The fourth-order valence-corrected chi connectivity index (χ4v) is 3.09. The number of fused-ring (bicyclic) bond motifs is 1. The molecule has 156 valence electrons. The molecule has 7 heteroatoms. The second kappa shape index (κ2) is 9.13. The van der Waals surface area contributed by atoms with Crippen molar-refractivity contribution in [1.82, 2.24) is 9.38 Å². The third-order valence-electron chi connectivity index (χ3n) is 4.74. The summed E-state index contributed by atoms with van der Waals surface area (Å²) < 4.78 is 7.21. The number of benzene rings is 2. The van der Waals surface area contributed by atoms with E-state index in [1.54, 1.807) is 42.6 Å². The highest BCUT2D eigenvalue weighted by Gasteiger charge is 2.05. The predicted octanol–water partition coefficient (Wildman–Crippen LogP) is 4.48. The van der Waals surface area contributed by atoms with Crippen molar-refractivity contribution >= 4 is 23.1 Å². The fraction of sp³-hybridized carbons (Fsp3) is 0.125. The number of nitrogens with one attached hydrogen (secondary N) is 2. The smallest absolute Gasteiger partial charge is 0.323 e. The molecule has 7 nitrogen and oxygen atoms in total. The van der Waals surface area contributed by atoms with Crippen molar-refractivity contribution in [3.63, 3.8) is 0 Å². The second-order valence-corrected chi connectivity index (χ2v) is 6.96. The van der Waals surface area contributed by atoms with Crippen LogP contribution < -0.4 is 20.9 Å². The minimum atomic E-state index is -0.321. The van der Waals surface area contributed by atoms with E-state index in [4.69, 9.17) is 4.74 Å². The molecule has 0 bridgehead atoms. The minimum absolute atomic E-state index is 0.154. The van der Waals surface area contributed by atoms with Crippen molar-refractivity contribution in [1.29, 1.82) is 0 Å². The first-order valence-corrected chi connectivity index (χ1v) is 9.98. The number of urea groups is 1. The Kier molecular flexibility index (Phi) is 5.93. The van der Waals surface area contributed by atoms with Gasteiger partial charge in [0.15, 0.2) is 0 Å². The molecule has 2 aromatic heterocycles. The van der Waals surface area contributed by atoms with Crippen LogP contribution in [-0.2, 0) is 13.0 Å². The monoisotopic (exact) mass is 414 g/mol. The van der Waals surface area contributed by atoms with Gasteiger partial charge in [-0.05, 0) is 60.5 Å². The number of pyridine rings is 1. The Bertz CT molecular complexity index is 1250. The first-order valence-electron chi connectivity index (χ1n) is 9.98. The van der Waals surface area contributed by atoms with Crippen LogP contribution in [0.2, 0.25) is 0 Å². The van der Waals surface area contributed by atoms with Crippen LogP contribution in [0.4, 0.5) is 16.2 Å². The molecule has 0 aliphatic heterocycles. The molecule has 0 saturated carbocycles. The summed E-state index contributed by atoms with van der Waals surface area (Å²) >= 11 is 0. The van der Waals surface area contributed by atoms with E-state index < -0.39 is 0 Å². The Labute approximate surface area is 179 Å². The van der Waals surface area contributed by atoms with Crippen LogP contribution in [0.5, 0.6) is 5.75 Å². The summed E-state index contributed by atoms with van der Waals surface area (Å²) in [5.41, 5.74) is 3.55. The topological polar surface area (TPSA) is 84.7 Å². The molecule has 2 heterocycles. The van der Waals surface area contributed by atoms with Crippen molar-refractivity contribution in [2.24, 2.45) is 0 Å². The highest BCUT2D eigenvalue weighted by atomic mass is 16.5. The Morgan fingerprint density at radius 1 is 0.968 bits per heavy atom. The van der Waals surface area contributed by atoms with Crippen LogP contribution in [0.3, 0.4) is 0 Å². The van der Waals surface area contributed by atoms with Crippen LogP contribution in [-0.4, -0.2) is 15.4 Å². The van der Waals surface area contributed by atoms with Crippen LogP contribution in [0.15, 0.2) is 83.8 Å². The summed E-state index contributed by atoms with van der Waals surface area (Å²) in [5, 5.41) is 5.59. The summed E-state index contributed by atoms with van der Waals surface area (Å²) in [7, 11) is 0. The van der Waals surface area contributed by atoms with Crippen LogP contribution >= 0.6 is 0 Å². The number of anilines is 2. The first kappa shape index (κ1) is 20.2. The molecule has 2 N–H and O–H groups in total. The van der Waals surface area contributed by atoms with E-state index in [-0.39, 0.29) is 18.2 Å². The number of nitrogens with zero attached hydrogens (tertiary/aromatic N) is 2. The fourth-order valence-electron chi connectivity index (χ4n) is 3.09. The molecular weight excluding hydrogens is 392 g/mol. The molecule has 0 unspecified atom stereocenters. The molecule has 0 saturated heterocycles. The van der Waals surface area contributed by atoms with E-state index in [2.05, 4.69) is 22.5 Å². The van der Waals surface area contributed by atoms with Gasteiger partial charge in [-0.1, -0.05) is 25.1 Å². The lowest BCUT2D eigenvalue weighted by Gasteiger charge is -2.10. The number of carbonyl (C=O) groups excluding carboxylic acids is 1. The average Bonchev–Trinajstić information content (AvgIpc) is 2.79. The Balaban J connectivity index is 1.33. The molecule has 0 aliphatic rings. The lowest BCUT2D eigenvalue weighted by atomic mass is 10.1. The number of carbonyl (C=O) groups is 1.